The van der Waals surface area contributed by atoms with E-state index in [0.717, 1.165) is 18.7 Å². The molecule has 0 unspecified atom stereocenters. The molecule has 100 valence electrons. The minimum atomic E-state index is 0.282. The summed E-state index contributed by atoms with van der Waals surface area (Å²) in [7, 11) is 0. The van der Waals surface area contributed by atoms with Crippen LogP contribution in [-0.2, 0) is 17.8 Å². The first-order valence-electron chi connectivity index (χ1n) is 6.58. The molecule has 0 radical (unpaired) electrons. The van der Waals surface area contributed by atoms with Crippen LogP contribution in [0, 0.1) is 0 Å². The van der Waals surface area contributed by atoms with Gasteiger partial charge in [0.1, 0.15) is 0 Å². The van der Waals surface area contributed by atoms with E-state index in [-0.39, 0.29) is 5.78 Å². The van der Waals surface area contributed by atoms with Gasteiger partial charge in [-0.2, -0.15) is 0 Å². The lowest BCUT2D eigenvalue weighted by atomic mass is 10.1. The van der Waals surface area contributed by atoms with Gasteiger partial charge in [0.2, 0.25) is 0 Å². The molecule has 2 aromatic rings. The van der Waals surface area contributed by atoms with Crippen LogP contribution in [0.1, 0.15) is 17.4 Å². The Morgan fingerprint density at radius 2 is 1.95 bits per heavy atom. The first kappa shape index (κ1) is 14.0. The molecule has 0 fully saturated rings. The number of thiophene rings is 1. The first-order valence-corrected chi connectivity index (χ1v) is 7.46. The molecule has 2 rings (SSSR count). The maximum absolute atomic E-state index is 12.1. The second-order valence-corrected chi connectivity index (χ2v) is 5.62. The van der Waals surface area contributed by atoms with Crippen molar-refractivity contribution in [1.82, 2.24) is 4.90 Å². The summed E-state index contributed by atoms with van der Waals surface area (Å²) in [5.41, 5.74) is 1.10. The van der Waals surface area contributed by atoms with Crippen LogP contribution in [0.25, 0.3) is 0 Å². The Balaban J connectivity index is 1.86. The average Bonchev–Trinajstić information content (AvgIpc) is 2.92. The van der Waals surface area contributed by atoms with Crippen LogP contribution in [0.4, 0.5) is 0 Å². The van der Waals surface area contributed by atoms with Gasteiger partial charge < -0.3 is 0 Å². The number of likely N-dealkylation sites (N-methyl/N-ethyl adjacent to an activating group) is 1. The number of carbonyl (C=O) groups is 1. The fraction of sp³-hybridized carbons (Fsp3) is 0.312. The Morgan fingerprint density at radius 1 is 1.16 bits per heavy atom. The highest BCUT2D eigenvalue weighted by molar-refractivity contribution is 7.09. The second kappa shape index (κ2) is 7.22. The number of benzene rings is 1. The number of hydrogen-bond donors (Lipinski definition) is 0. The summed E-state index contributed by atoms with van der Waals surface area (Å²) in [6.07, 6.45) is 0.530. The van der Waals surface area contributed by atoms with Crippen LogP contribution >= 0.6 is 11.3 Å². The van der Waals surface area contributed by atoms with Gasteiger partial charge in [0, 0.05) is 17.8 Å². The van der Waals surface area contributed by atoms with Gasteiger partial charge in [-0.3, -0.25) is 9.69 Å². The van der Waals surface area contributed by atoms with Crippen molar-refractivity contribution >= 4 is 17.1 Å². The number of nitrogens with zero attached hydrogens (tertiary/aromatic N) is 1. The molecule has 0 aliphatic heterocycles. The molecular weight excluding hydrogens is 254 g/mol. The zero-order valence-corrected chi connectivity index (χ0v) is 12.0. The zero-order valence-electron chi connectivity index (χ0n) is 11.2. The van der Waals surface area contributed by atoms with Gasteiger partial charge >= 0.3 is 0 Å². The Morgan fingerprint density at radius 3 is 2.58 bits per heavy atom. The fourth-order valence-electron chi connectivity index (χ4n) is 2.03. The molecule has 3 heteroatoms. The Labute approximate surface area is 118 Å². The molecule has 0 saturated heterocycles. The minimum absolute atomic E-state index is 0.282. The predicted octanol–water partition coefficient (Wildman–Crippen LogP) is 3.38. The number of ketones is 1. The van der Waals surface area contributed by atoms with E-state index in [4.69, 9.17) is 0 Å². The summed E-state index contributed by atoms with van der Waals surface area (Å²) in [6.45, 7) is 4.40. The van der Waals surface area contributed by atoms with Gasteiger partial charge in [0.15, 0.2) is 5.78 Å². The molecule has 1 aromatic heterocycles. The smallest absolute Gasteiger partial charge is 0.151 e. The maximum Gasteiger partial charge on any atom is 0.151 e. The molecule has 0 saturated carbocycles. The summed E-state index contributed by atoms with van der Waals surface area (Å²) in [5, 5.41) is 2.08. The van der Waals surface area contributed by atoms with Crippen molar-refractivity contribution in [1.29, 1.82) is 0 Å². The third-order valence-electron chi connectivity index (χ3n) is 3.05. The van der Waals surface area contributed by atoms with Crippen molar-refractivity contribution < 1.29 is 4.79 Å². The molecule has 1 aromatic carbocycles. The Kier molecular flexibility index (Phi) is 5.31. The molecule has 2 nitrogen and oxygen atoms in total. The fourth-order valence-corrected chi connectivity index (χ4v) is 2.78. The molecule has 0 amide bonds. The van der Waals surface area contributed by atoms with E-state index >= 15 is 0 Å². The Hall–Kier alpha value is -1.45. The Bertz CT molecular complexity index is 493. The van der Waals surface area contributed by atoms with Gasteiger partial charge in [-0.1, -0.05) is 43.3 Å². The quantitative estimate of drug-likeness (QED) is 0.771. The van der Waals surface area contributed by atoms with Crippen molar-refractivity contribution in [2.45, 2.75) is 19.9 Å². The minimum Gasteiger partial charge on any atom is -0.298 e. The first-order chi connectivity index (χ1) is 9.28. The molecule has 0 spiro atoms. The van der Waals surface area contributed by atoms with Gasteiger partial charge in [-0.25, -0.2) is 0 Å². The van der Waals surface area contributed by atoms with E-state index in [1.54, 1.807) is 11.3 Å². The topological polar surface area (TPSA) is 20.3 Å². The summed E-state index contributed by atoms with van der Waals surface area (Å²) in [4.78, 5) is 15.6. The molecular formula is C16H19NOS. The third-order valence-corrected chi connectivity index (χ3v) is 3.91. The van der Waals surface area contributed by atoms with Crippen molar-refractivity contribution in [3.8, 4) is 0 Å². The standard InChI is InChI=1S/C16H19NOS/c1-2-17(13-16-9-6-10-19-16)12-15(18)11-14-7-4-3-5-8-14/h3-10H,2,11-13H2,1H3. The zero-order chi connectivity index (χ0) is 13.5. The van der Waals surface area contributed by atoms with Gasteiger partial charge in [-0.15, -0.1) is 11.3 Å². The SMILES string of the molecule is CCN(CC(=O)Cc1ccccc1)Cc1cccs1. The second-order valence-electron chi connectivity index (χ2n) is 4.58. The van der Waals surface area contributed by atoms with Crippen LogP contribution in [0.5, 0.6) is 0 Å². The van der Waals surface area contributed by atoms with Crippen LogP contribution in [-0.4, -0.2) is 23.8 Å². The van der Waals surface area contributed by atoms with Crippen molar-refractivity contribution in [3.63, 3.8) is 0 Å². The molecule has 0 aliphatic carbocycles. The van der Waals surface area contributed by atoms with Crippen LogP contribution in [0.3, 0.4) is 0 Å². The number of carbonyl (C=O) groups excluding carboxylic acids is 1. The summed E-state index contributed by atoms with van der Waals surface area (Å²) in [6, 6.07) is 14.1. The van der Waals surface area contributed by atoms with Crippen molar-refractivity contribution in [2.75, 3.05) is 13.1 Å². The number of hydrogen-bond acceptors (Lipinski definition) is 3. The van der Waals surface area contributed by atoms with E-state index in [2.05, 4.69) is 29.3 Å². The highest BCUT2D eigenvalue weighted by Gasteiger charge is 2.10. The summed E-state index contributed by atoms with van der Waals surface area (Å²) in [5.74, 6) is 0.282. The predicted molar refractivity (Wildman–Crippen MR) is 80.4 cm³/mol. The van der Waals surface area contributed by atoms with Crippen molar-refractivity contribution in [2.24, 2.45) is 0 Å². The molecule has 0 N–H and O–H groups in total. The van der Waals surface area contributed by atoms with E-state index in [1.807, 2.05) is 30.3 Å². The van der Waals surface area contributed by atoms with E-state index < -0.39 is 0 Å². The molecule has 0 bridgehead atoms. The molecule has 0 aliphatic rings. The van der Waals surface area contributed by atoms with Crippen molar-refractivity contribution in [3.05, 3.63) is 58.3 Å². The highest BCUT2D eigenvalue weighted by atomic mass is 32.1. The van der Waals surface area contributed by atoms with Gasteiger partial charge in [-0.05, 0) is 23.6 Å². The monoisotopic (exact) mass is 273 g/mol. The average molecular weight is 273 g/mol. The summed E-state index contributed by atoms with van der Waals surface area (Å²) < 4.78 is 0. The van der Waals surface area contributed by atoms with Crippen LogP contribution in [0.15, 0.2) is 47.8 Å². The van der Waals surface area contributed by atoms with Gasteiger partial charge in [0.05, 0.1) is 6.54 Å². The van der Waals surface area contributed by atoms with E-state index in [1.165, 1.54) is 4.88 Å². The maximum atomic E-state index is 12.1. The van der Waals surface area contributed by atoms with Crippen LogP contribution < -0.4 is 0 Å². The number of Topliss-reactive ketones (excluding diaryl/α,β-unsaturated/α-hetero) is 1. The normalized spacial score (nSPS) is 10.8. The third kappa shape index (κ3) is 4.62. The lowest BCUT2D eigenvalue weighted by Crippen LogP contribution is -2.29. The van der Waals surface area contributed by atoms with E-state index in [0.29, 0.717) is 13.0 Å². The molecule has 19 heavy (non-hydrogen) atoms. The number of rotatable bonds is 7. The molecule has 1 heterocycles. The highest BCUT2D eigenvalue weighted by Crippen LogP contribution is 2.12. The largest absolute Gasteiger partial charge is 0.298 e. The van der Waals surface area contributed by atoms with Crippen LogP contribution in [0.2, 0.25) is 0 Å². The summed E-state index contributed by atoms with van der Waals surface area (Å²) >= 11 is 1.74. The lowest BCUT2D eigenvalue weighted by molar-refractivity contribution is -0.119. The van der Waals surface area contributed by atoms with Gasteiger partial charge in [0.25, 0.3) is 0 Å². The van der Waals surface area contributed by atoms with E-state index in [9.17, 15) is 4.79 Å². The lowest BCUT2D eigenvalue weighted by Gasteiger charge is -2.18. The molecule has 0 atom stereocenters.